The quantitative estimate of drug-likeness (QED) is 0.926. The Balaban J connectivity index is 2.28. The fourth-order valence-corrected chi connectivity index (χ4v) is 1.86. The summed E-state index contributed by atoms with van der Waals surface area (Å²) >= 11 is 0. The highest BCUT2D eigenvalue weighted by Gasteiger charge is 2.14. The van der Waals surface area contributed by atoms with E-state index in [-0.39, 0.29) is 11.8 Å². The normalized spacial score (nSPS) is 12.7. The van der Waals surface area contributed by atoms with Crippen LogP contribution in [0.2, 0.25) is 0 Å². The zero-order valence-corrected chi connectivity index (χ0v) is 10.7. The predicted octanol–water partition coefficient (Wildman–Crippen LogP) is 2.98. The zero-order valence-electron chi connectivity index (χ0n) is 10.7. The molecule has 0 aliphatic carbocycles. The molecule has 102 valence electrons. The van der Waals surface area contributed by atoms with Gasteiger partial charge in [0.1, 0.15) is 11.6 Å². The van der Waals surface area contributed by atoms with E-state index in [0.29, 0.717) is 5.82 Å². The molecule has 1 atom stereocenters. The summed E-state index contributed by atoms with van der Waals surface area (Å²) in [5.41, 5.74) is 7.59. The number of benzene rings is 1. The molecule has 0 fully saturated rings. The summed E-state index contributed by atoms with van der Waals surface area (Å²) in [6.07, 6.45) is 1.67. The van der Waals surface area contributed by atoms with Crippen LogP contribution in [0.5, 0.6) is 5.75 Å². The molecule has 1 aromatic carbocycles. The van der Waals surface area contributed by atoms with Gasteiger partial charge in [0.05, 0.1) is 12.2 Å². The van der Waals surface area contributed by atoms with E-state index in [2.05, 4.69) is 9.84 Å². The van der Waals surface area contributed by atoms with E-state index in [1.54, 1.807) is 23.0 Å². The maximum absolute atomic E-state index is 12.2. The summed E-state index contributed by atoms with van der Waals surface area (Å²) < 4.78 is 30.4. The van der Waals surface area contributed by atoms with Gasteiger partial charge in [-0.3, -0.25) is 0 Å². The van der Waals surface area contributed by atoms with Crippen molar-refractivity contribution < 1.29 is 13.5 Å². The number of nitrogens with zero attached hydrogens (tertiary/aromatic N) is 2. The molecule has 0 spiro atoms. The third-order valence-electron chi connectivity index (χ3n) is 2.96. The number of ether oxygens (including phenoxy) is 1. The van der Waals surface area contributed by atoms with Crippen LogP contribution >= 0.6 is 0 Å². The molecule has 0 amide bonds. The van der Waals surface area contributed by atoms with Gasteiger partial charge in [-0.05, 0) is 31.5 Å². The third kappa shape index (κ3) is 2.83. The smallest absolute Gasteiger partial charge is 0.387 e. The van der Waals surface area contributed by atoms with Crippen molar-refractivity contribution in [3.05, 3.63) is 41.6 Å². The maximum atomic E-state index is 12.2. The minimum Gasteiger partial charge on any atom is -0.435 e. The second-order valence-electron chi connectivity index (χ2n) is 4.28. The van der Waals surface area contributed by atoms with Crippen molar-refractivity contribution in [1.29, 1.82) is 0 Å². The highest BCUT2D eigenvalue weighted by atomic mass is 19.3. The van der Waals surface area contributed by atoms with Crippen molar-refractivity contribution in [3.8, 4) is 5.75 Å². The molecule has 0 radical (unpaired) electrons. The molecule has 0 saturated heterocycles. The number of aromatic nitrogens is 2. The number of alkyl halides is 2. The van der Waals surface area contributed by atoms with E-state index in [1.165, 1.54) is 6.07 Å². The topological polar surface area (TPSA) is 53.1 Å². The van der Waals surface area contributed by atoms with Gasteiger partial charge in [0.2, 0.25) is 0 Å². The first-order valence-electron chi connectivity index (χ1n) is 5.83. The predicted molar refractivity (Wildman–Crippen MR) is 68.3 cm³/mol. The van der Waals surface area contributed by atoms with E-state index in [4.69, 9.17) is 5.73 Å². The van der Waals surface area contributed by atoms with Crippen LogP contribution < -0.4 is 10.5 Å². The lowest BCUT2D eigenvalue weighted by molar-refractivity contribution is -0.0499. The number of anilines is 1. The van der Waals surface area contributed by atoms with Crippen molar-refractivity contribution in [2.45, 2.75) is 26.5 Å². The fraction of sp³-hybridized carbons (Fsp3) is 0.308. The van der Waals surface area contributed by atoms with Crippen LogP contribution in [0.15, 0.2) is 30.5 Å². The average Bonchev–Trinajstić information content (AvgIpc) is 2.69. The van der Waals surface area contributed by atoms with Crippen LogP contribution in [0.3, 0.4) is 0 Å². The Bertz CT molecular complexity index is 569. The van der Waals surface area contributed by atoms with Gasteiger partial charge in [0.15, 0.2) is 0 Å². The van der Waals surface area contributed by atoms with Gasteiger partial charge in [-0.15, -0.1) is 0 Å². The standard InChI is InChI=1S/C13H15F2N3O/c1-8-7-17-18(12(8)16)9(2)10-4-3-5-11(6-10)19-13(14)15/h3-7,9,13H,16H2,1-2H3. The van der Waals surface area contributed by atoms with Crippen LogP contribution in [-0.2, 0) is 0 Å². The first-order valence-corrected chi connectivity index (χ1v) is 5.83. The first-order chi connectivity index (χ1) is 8.99. The van der Waals surface area contributed by atoms with Crippen LogP contribution in [0.25, 0.3) is 0 Å². The van der Waals surface area contributed by atoms with E-state index in [1.807, 2.05) is 19.9 Å². The average molecular weight is 267 g/mol. The summed E-state index contributed by atoms with van der Waals surface area (Å²) in [7, 11) is 0. The zero-order chi connectivity index (χ0) is 14.0. The highest BCUT2D eigenvalue weighted by molar-refractivity contribution is 5.40. The molecule has 2 rings (SSSR count). The van der Waals surface area contributed by atoms with Gasteiger partial charge >= 0.3 is 6.61 Å². The molecule has 0 saturated carbocycles. The number of aryl methyl sites for hydroxylation is 1. The molecule has 1 unspecified atom stereocenters. The second kappa shape index (κ2) is 5.26. The lowest BCUT2D eigenvalue weighted by atomic mass is 10.1. The van der Waals surface area contributed by atoms with E-state index in [0.717, 1.165) is 11.1 Å². The summed E-state index contributed by atoms with van der Waals surface area (Å²) in [5.74, 6) is 0.689. The SMILES string of the molecule is Cc1cnn(C(C)c2cccc(OC(F)F)c2)c1N. The molecular formula is C13H15F2N3O. The molecule has 19 heavy (non-hydrogen) atoms. The van der Waals surface area contributed by atoms with Gasteiger partial charge in [-0.25, -0.2) is 4.68 Å². The molecule has 1 heterocycles. The molecule has 0 aliphatic rings. The molecule has 2 N–H and O–H groups in total. The summed E-state index contributed by atoms with van der Waals surface area (Å²) in [4.78, 5) is 0. The van der Waals surface area contributed by atoms with Crippen molar-refractivity contribution >= 4 is 5.82 Å². The Kier molecular flexibility index (Phi) is 3.69. The number of rotatable bonds is 4. The Morgan fingerprint density at radius 2 is 2.11 bits per heavy atom. The molecule has 0 aliphatic heterocycles. The maximum Gasteiger partial charge on any atom is 0.387 e. The first kappa shape index (κ1) is 13.3. The van der Waals surface area contributed by atoms with Crippen LogP contribution in [-0.4, -0.2) is 16.4 Å². The second-order valence-corrected chi connectivity index (χ2v) is 4.28. The van der Waals surface area contributed by atoms with Crippen LogP contribution in [0.1, 0.15) is 24.1 Å². The largest absolute Gasteiger partial charge is 0.435 e. The summed E-state index contributed by atoms with van der Waals surface area (Å²) in [6, 6.07) is 6.37. The third-order valence-corrected chi connectivity index (χ3v) is 2.96. The molecule has 2 aromatic rings. The van der Waals surface area contributed by atoms with E-state index in [9.17, 15) is 8.78 Å². The van der Waals surface area contributed by atoms with Crippen molar-refractivity contribution in [1.82, 2.24) is 9.78 Å². The van der Waals surface area contributed by atoms with Crippen molar-refractivity contribution in [3.63, 3.8) is 0 Å². The van der Waals surface area contributed by atoms with Crippen molar-refractivity contribution in [2.75, 3.05) is 5.73 Å². The number of halogens is 2. The van der Waals surface area contributed by atoms with Crippen LogP contribution in [0, 0.1) is 6.92 Å². The minimum absolute atomic E-state index is 0.127. The van der Waals surface area contributed by atoms with E-state index < -0.39 is 6.61 Å². The summed E-state index contributed by atoms with van der Waals surface area (Å²) in [6.45, 7) is 0.925. The minimum atomic E-state index is -2.83. The monoisotopic (exact) mass is 267 g/mol. The molecular weight excluding hydrogens is 252 g/mol. The summed E-state index contributed by atoms with van der Waals surface area (Å²) in [5, 5.41) is 4.18. The number of hydrogen-bond donors (Lipinski definition) is 1. The highest BCUT2D eigenvalue weighted by Crippen LogP contribution is 2.25. The Hall–Kier alpha value is -2.11. The van der Waals surface area contributed by atoms with Gasteiger partial charge < -0.3 is 10.5 Å². The lowest BCUT2D eigenvalue weighted by Gasteiger charge is -2.15. The van der Waals surface area contributed by atoms with Gasteiger partial charge in [0.25, 0.3) is 0 Å². The van der Waals surface area contributed by atoms with Gasteiger partial charge in [-0.2, -0.15) is 13.9 Å². The van der Waals surface area contributed by atoms with Crippen molar-refractivity contribution in [2.24, 2.45) is 0 Å². The number of nitrogens with two attached hydrogens (primary N) is 1. The Labute approximate surface area is 109 Å². The van der Waals surface area contributed by atoms with Crippen LogP contribution in [0.4, 0.5) is 14.6 Å². The fourth-order valence-electron chi connectivity index (χ4n) is 1.86. The molecule has 4 nitrogen and oxygen atoms in total. The molecule has 1 aromatic heterocycles. The lowest BCUT2D eigenvalue weighted by Crippen LogP contribution is -2.12. The Morgan fingerprint density at radius 3 is 2.68 bits per heavy atom. The Morgan fingerprint density at radius 1 is 1.37 bits per heavy atom. The van der Waals surface area contributed by atoms with Gasteiger partial charge in [0, 0.05) is 5.56 Å². The number of nitrogen functional groups attached to an aromatic ring is 1. The van der Waals surface area contributed by atoms with E-state index >= 15 is 0 Å². The molecule has 6 heteroatoms. The number of hydrogen-bond acceptors (Lipinski definition) is 3. The van der Waals surface area contributed by atoms with Gasteiger partial charge in [-0.1, -0.05) is 12.1 Å². The molecule has 0 bridgehead atoms.